The highest BCUT2D eigenvalue weighted by Gasteiger charge is 2.03. The lowest BCUT2D eigenvalue weighted by atomic mass is 10.2. The van der Waals surface area contributed by atoms with Crippen molar-refractivity contribution in [3.05, 3.63) is 64.7 Å². The Morgan fingerprint density at radius 2 is 1.83 bits per heavy atom. The zero-order valence-corrected chi connectivity index (χ0v) is 11.1. The molecule has 0 heterocycles. The van der Waals surface area contributed by atoms with Crippen molar-refractivity contribution >= 4 is 11.6 Å². The normalized spacial score (nSPS) is 10.3. The molecular weight excluding hydrogens is 246 g/mol. The van der Waals surface area contributed by atoms with E-state index in [4.69, 9.17) is 16.3 Å². The van der Waals surface area contributed by atoms with E-state index in [0.717, 1.165) is 23.4 Å². The van der Waals surface area contributed by atoms with Crippen molar-refractivity contribution in [3.63, 3.8) is 0 Å². The molecule has 18 heavy (non-hydrogen) atoms. The molecule has 0 aliphatic heterocycles. The number of ether oxygens (including phenoxy) is 1. The molecule has 1 N–H and O–H groups in total. The molecular formula is C15H16ClNO. The number of nitrogens with one attached hydrogen (secondary N) is 1. The van der Waals surface area contributed by atoms with Crippen molar-refractivity contribution in [2.45, 2.75) is 13.2 Å². The van der Waals surface area contributed by atoms with Crippen LogP contribution in [0.15, 0.2) is 48.5 Å². The number of hydrogen-bond donors (Lipinski definition) is 1. The molecule has 0 bridgehead atoms. The second-order valence-electron chi connectivity index (χ2n) is 4.07. The SMILES string of the molecule is CNCc1ccc(OCc2ccccc2)c(Cl)c1. The van der Waals surface area contributed by atoms with E-state index in [2.05, 4.69) is 5.32 Å². The molecule has 0 saturated heterocycles. The molecule has 2 nitrogen and oxygen atoms in total. The van der Waals surface area contributed by atoms with Gasteiger partial charge in [0, 0.05) is 6.54 Å². The summed E-state index contributed by atoms with van der Waals surface area (Å²) in [6, 6.07) is 15.9. The Bertz CT molecular complexity index is 499. The summed E-state index contributed by atoms with van der Waals surface area (Å²) in [4.78, 5) is 0. The summed E-state index contributed by atoms with van der Waals surface area (Å²) in [5.74, 6) is 0.723. The highest BCUT2D eigenvalue weighted by Crippen LogP contribution is 2.26. The summed E-state index contributed by atoms with van der Waals surface area (Å²) in [6.45, 7) is 1.34. The maximum Gasteiger partial charge on any atom is 0.138 e. The maximum atomic E-state index is 6.18. The zero-order chi connectivity index (χ0) is 12.8. The average molecular weight is 262 g/mol. The van der Waals surface area contributed by atoms with E-state index in [1.807, 2.05) is 55.6 Å². The van der Waals surface area contributed by atoms with Crippen LogP contribution in [-0.2, 0) is 13.2 Å². The Morgan fingerprint density at radius 3 is 2.50 bits per heavy atom. The molecule has 2 aromatic rings. The Balaban J connectivity index is 2.01. The molecule has 0 aromatic heterocycles. The Labute approximate surface area is 113 Å². The van der Waals surface area contributed by atoms with Crippen LogP contribution in [0.4, 0.5) is 0 Å². The fraction of sp³-hybridized carbons (Fsp3) is 0.200. The lowest BCUT2D eigenvalue weighted by molar-refractivity contribution is 0.306. The molecule has 0 unspecified atom stereocenters. The van der Waals surface area contributed by atoms with Gasteiger partial charge in [-0.05, 0) is 30.3 Å². The van der Waals surface area contributed by atoms with Gasteiger partial charge in [0.25, 0.3) is 0 Å². The van der Waals surface area contributed by atoms with Gasteiger partial charge < -0.3 is 10.1 Å². The van der Waals surface area contributed by atoms with Crippen LogP contribution < -0.4 is 10.1 Å². The highest BCUT2D eigenvalue weighted by molar-refractivity contribution is 6.32. The van der Waals surface area contributed by atoms with E-state index < -0.39 is 0 Å². The molecule has 0 radical (unpaired) electrons. The van der Waals surface area contributed by atoms with Crippen LogP contribution >= 0.6 is 11.6 Å². The largest absolute Gasteiger partial charge is 0.487 e. The minimum Gasteiger partial charge on any atom is -0.487 e. The van der Waals surface area contributed by atoms with Gasteiger partial charge in [0.2, 0.25) is 0 Å². The van der Waals surface area contributed by atoms with Crippen LogP contribution in [0.5, 0.6) is 5.75 Å². The minimum absolute atomic E-state index is 0.534. The average Bonchev–Trinajstić information content (AvgIpc) is 2.39. The van der Waals surface area contributed by atoms with E-state index in [1.54, 1.807) is 0 Å². The van der Waals surface area contributed by atoms with E-state index in [0.29, 0.717) is 11.6 Å². The smallest absolute Gasteiger partial charge is 0.138 e. The van der Waals surface area contributed by atoms with Gasteiger partial charge in [-0.15, -0.1) is 0 Å². The Hall–Kier alpha value is -1.51. The summed E-state index contributed by atoms with van der Waals surface area (Å²) < 4.78 is 5.70. The van der Waals surface area contributed by atoms with E-state index in [1.165, 1.54) is 0 Å². The topological polar surface area (TPSA) is 21.3 Å². The number of benzene rings is 2. The molecule has 2 rings (SSSR count). The van der Waals surface area contributed by atoms with Crippen LogP contribution in [0, 0.1) is 0 Å². The first-order valence-corrected chi connectivity index (χ1v) is 6.27. The Kier molecular flexibility index (Phi) is 4.62. The maximum absolute atomic E-state index is 6.18. The molecule has 2 aromatic carbocycles. The first-order chi connectivity index (χ1) is 8.79. The lowest BCUT2D eigenvalue weighted by Crippen LogP contribution is -2.05. The van der Waals surface area contributed by atoms with Crippen LogP contribution in [0.25, 0.3) is 0 Å². The molecule has 0 saturated carbocycles. The van der Waals surface area contributed by atoms with Gasteiger partial charge in [0.15, 0.2) is 0 Å². The fourth-order valence-corrected chi connectivity index (χ4v) is 1.97. The summed E-state index contributed by atoms with van der Waals surface area (Å²) in [7, 11) is 1.91. The van der Waals surface area contributed by atoms with Crippen molar-refractivity contribution in [2.75, 3.05) is 7.05 Å². The van der Waals surface area contributed by atoms with Gasteiger partial charge in [0.1, 0.15) is 12.4 Å². The van der Waals surface area contributed by atoms with Crippen LogP contribution in [0.1, 0.15) is 11.1 Å². The zero-order valence-electron chi connectivity index (χ0n) is 10.3. The second kappa shape index (κ2) is 6.43. The van der Waals surface area contributed by atoms with E-state index in [-0.39, 0.29) is 0 Å². The molecule has 0 atom stereocenters. The standard InChI is InChI=1S/C15H16ClNO/c1-17-10-13-7-8-15(14(16)9-13)18-11-12-5-3-2-4-6-12/h2-9,17H,10-11H2,1H3. The lowest BCUT2D eigenvalue weighted by Gasteiger charge is -2.09. The third-order valence-electron chi connectivity index (χ3n) is 2.61. The quantitative estimate of drug-likeness (QED) is 0.887. The molecule has 0 fully saturated rings. The fourth-order valence-electron chi connectivity index (χ4n) is 1.71. The van der Waals surface area contributed by atoms with Gasteiger partial charge in [-0.2, -0.15) is 0 Å². The molecule has 0 amide bonds. The van der Waals surface area contributed by atoms with Crippen molar-refractivity contribution in [1.29, 1.82) is 0 Å². The monoisotopic (exact) mass is 261 g/mol. The van der Waals surface area contributed by atoms with Crippen molar-refractivity contribution < 1.29 is 4.74 Å². The van der Waals surface area contributed by atoms with Gasteiger partial charge in [-0.1, -0.05) is 48.0 Å². The number of rotatable bonds is 5. The highest BCUT2D eigenvalue weighted by atomic mass is 35.5. The van der Waals surface area contributed by atoms with E-state index in [9.17, 15) is 0 Å². The summed E-state index contributed by atoms with van der Waals surface area (Å²) in [6.07, 6.45) is 0. The summed E-state index contributed by atoms with van der Waals surface area (Å²) in [5, 5.41) is 3.74. The molecule has 3 heteroatoms. The van der Waals surface area contributed by atoms with Crippen molar-refractivity contribution in [2.24, 2.45) is 0 Å². The Morgan fingerprint density at radius 1 is 1.06 bits per heavy atom. The first-order valence-electron chi connectivity index (χ1n) is 5.89. The number of halogens is 1. The van der Waals surface area contributed by atoms with Gasteiger partial charge >= 0.3 is 0 Å². The minimum atomic E-state index is 0.534. The molecule has 94 valence electrons. The predicted octanol–water partition coefficient (Wildman–Crippen LogP) is 3.64. The summed E-state index contributed by atoms with van der Waals surface area (Å²) >= 11 is 6.18. The molecule has 0 aliphatic rings. The van der Waals surface area contributed by atoms with Crippen molar-refractivity contribution in [3.8, 4) is 5.75 Å². The van der Waals surface area contributed by atoms with Gasteiger partial charge in [0.05, 0.1) is 5.02 Å². The van der Waals surface area contributed by atoms with Crippen LogP contribution in [0.3, 0.4) is 0 Å². The van der Waals surface area contributed by atoms with E-state index >= 15 is 0 Å². The third-order valence-corrected chi connectivity index (χ3v) is 2.91. The van der Waals surface area contributed by atoms with Gasteiger partial charge in [-0.25, -0.2) is 0 Å². The molecule has 0 aliphatic carbocycles. The van der Waals surface area contributed by atoms with Gasteiger partial charge in [-0.3, -0.25) is 0 Å². The van der Waals surface area contributed by atoms with Crippen molar-refractivity contribution in [1.82, 2.24) is 5.32 Å². The van der Waals surface area contributed by atoms with Crippen LogP contribution in [-0.4, -0.2) is 7.05 Å². The number of hydrogen-bond acceptors (Lipinski definition) is 2. The first kappa shape index (κ1) is 12.9. The molecule has 0 spiro atoms. The third kappa shape index (κ3) is 3.49. The van der Waals surface area contributed by atoms with Crippen LogP contribution in [0.2, 0.25) is 5.02 Å². The predicted molar refractivity (Wildman–Crippen MR) is 75.0 cm³/mol. The second-order valence-corrected chi connectivity index (χ2v) is 4.48. The summed E-state index contributed by atoms with van der Waals surface area (Å²) in [5.41, 5.74) is 2.28.